The first-order valence-electron chi connectivity index (χ1n) is 12.4. The van der Waals surface area contributed by atoms with Crippen LogP contribution in [-0.2, 0) is 9.59 Å². The van der Waals surface area contributed by atoms with Gasteiger partial charge in [-0.2, -0.15) is 0 Å². The van der Waals surface area contributed by atoms with E-state index < -0.39 is 35.4 Å². The third-order valence-corrected chi connectivity index (χ3v) is 10.4. The van der Waals surface area contributed by atoms with E-state index in [4.69, 9.17) is 0 Å². The maximum absolute atomic E-state index is 13.1. The normalized spacial score (nSPS) is 39.9. The number of hydrogen-bond donors (Lipinski definition) is 3. The van der Waals surface area contributed by atoms with Gasteiger partial charge in [0.15, 0.2) is 11.6 Å². The van der Waals surface area contributed by atoms with Crippen molar-refractivity contribution in [2.75, 3.05) is 13.2 Å². The molecule has 0 radical (unpaired) electrons. The zero-order valence-electron chi connectivity index (χ0n) is 20.1. The van der Waals surface area contributed by atoms with E-state index in [0.29, 0.717) is 22.8 Å². The molecular weight excluding hydrogens is 466 g/mol. The van der Waals surface area contributed by atoms with Crippen LogP contribution in [0.1, 0.15) is 49.2 Å². The second-order valence-corrected chi connectivity index (χ2v) is 12.2. The standard InChI is InChI=1S/C27H33NO6S/c1-26-8-7-17(30)11-16(26)5-6-18-19-10-15(13-28(34)25(33)22-4-3-9-35-22)23(21(32)14-29)27(19,2)12-20(31)24(18)26/h3-4,7-9,11,15,18-20,23-24,29,31,34H,5-6,10,12-14H2,1-2H3/t15-,18-,19?,20-,23+,24?,26-,27-/m0/s1. The number of aliphatic hydroxyl groups is 2. The van der Waals surface area contributed by atoms with Crippen molar-refractivity contribution < 1.29 is 29.8 Å². The predicted octanol–water partition coefficient (Wildman–Crippen LogP) is 3.26. The number of nitrogens with zero attached hydrogens (tertiary/aromatic N) is 1. The Balaban J connectivity index is 1.47. The Morgan fingerprint density at radius 2 is 2.06 bits per heavy atom. The van der Waals surface area contributed by atoms with Gasteiger partial charge in [-0.15, -0.1) is 11.3 Å². The number of hydrogen-bond acceptors (Lipinski definition) is 7. The van der Waals surface area contributed by atoms with Crippen LogP contribution in [0.2, 0.25) is 0 Å². The molecule has 1 aromatic heterocycles. The summed E-state index contributed by atoms with van der Waals surface area (Å²) in [6.45, 7) is 3.53. The highest BCUT2D eigenvalue weighted by molar-refractivity contribution is 7.12. The summed E-state index contributed by atoms with van der Waals surface area (Å²) in [5, 5.41) is 34.5. The highest BCUT2D eigenvalue weighted by Crippen LogP contribution is 2.67. The average molecular weight is 500 g/mol. The molecule has 8 heteroatoms. The van der Waals surface area contributed by atoms with Crippen molar-refractivity contribution in [3.8, 4) is 0 Å². The van der Waals surface area contributed by atoms with Gasteiger partial charge in [0.25, 0.3) is 5.91 Å². The Morgan fingerprint density at radius 3 is 2.74 bits per heavy atom. The Morgan fingerprint density at radius 1 is 1.29 bits per heavy atom. The monoisotopic (exact) mass is 499 g/mol. The number of rotatable bonds is 5. The topological polar surface area (TPSA) is 115 Å². The summed E-state index contributed by atoms with van der Waals surface area (Å²) in [7, 11) is 0. The molecule has 0 saturated heterocycles. The van der Waals surface area contributed by atoms with Crippen molar-refractivity contribution in [1.29, 1.82) is 0 Å². The molecular formula is C27H33NO6S. The molecule has 3 N–H and O–H groups in total. The van der Waals surface area contributed by atoms with Crippen LogP contribution in [0.15, 0.2) is 41.3 Å². The van der Waals surface area contributed by atoms with Crippen LogP contribution in [0.3, 0.4) is 0 Å². The summed E-state index contributed by atoms with van der Waals surface area (Å²) in [6, 6.07) is 3.40. The second kappa shape index (κ2) is 8.76. The van der Waals surface area contributed by atoms with Crippen LogP contribution < -0.4 is 0 Å². The minimum absolute atomic E-state index is 0.00351. The van der Waals surface area contributed by atoms with Crippen LogP contribution in [0, 0.1) is 40.4 Å². The van der Waals surface area contributed by atoms with Crippen LogP contribution in [0.5, 0.6) is 0 Å². The zero-order valence-corrected chi connectivity index (χ0v) is 20.9. The molecule has 2 unspecified atom stereocenters. The van der Waals surface area contributed by atoms with Gasteiger partial charge >= 0.3 is 0 Å². The lowest BCUT2D eigenvalue weighted by Crippen LogP contribution is -2.56. The molecule has 0 aromatic carbocycles. The molecule has 7 nitrogen and oxygen atoms in total. The van der Waals surface area contributed by atoms with E-state index in [2.05, 4.69) is 6.92 Å². The number of aliphatic hydroxyl groups excluding tert-OH is 2. The summed E-state index contributed by atoms with van der Waals surface area (Å²) >= 11 is 1.25. The number of allylic oxidation sites excluding steroid dienone is 4. The molecule has 5 rings (SSSR count). The largest absolute Gasteiger partial charge is 0.393 e. The van der Waals surface area contributed by atoms with Crippen LogP contribution in [-0.4, -0.2) is 57.2 Å². The lowest BCUT2D eigenvalue weighted by atomic mass is 9.46. The summed E-state index contributed by atoms with van der Waals surface area (Å²) < 4.78 is 0. The van der Waals surface area contributed by atoms with Gasteiger partial charge in [-0.05, 0) is 72.5 Å². The third kappa shape index (κ3) is 3.77. The Labute approximate surface area is 209 Å². The maximum atomic E-state index is 13.1. The van der Waals surface area contributed by atoms with E-state index >= 15 is 0 Å². The maximum Gasteiger partial charge on any atom is 0.287 e. The van der Waals surface area contributed by atoms with Crippen molar-refractivity contribution in [1.82, 2.24) is 5.06 Å². The molecule has 35 heavy (non-hydrogen) atoms. The fourth-order valence-electron chi connectivity index (χ4n) is 8.25. The van der Waals surface area contributed by atoms with E-state index in [1.807, 2.05) is 13.0 Å². The fraction of sp³-hybridized carbons (Fsp3) is 0.593. The number of amides is 1. The van der Waals surface area contributed by atoms with Crippen molar-refractivity contribution in [3.63, 3.8) is 0 Å². The number of Topliss-reactive ketones (excluding diaryl/α,β-unsaturated/α-hetero) is 1. The Bertz CT molecular complexity index is 1100. The summed E-state index contributed by atoms with van der Waals surface area (Å²) in [6.07, 6.45) is 7.21. The SMILES string of the molecule is C[C@]12C=CC(=O)C=C1CC[C@@H]1C2[C@@H](O)C[C@@]2(C)C1C[C@@H](CN(O)C(=O)c1cccs1)[C@@H]2C(=O)CO. The first-order chi connectivity index (χ1) is 16.6. The molecule has 0 aliphatic heterocycles. The van der Waals surface area contributed by atoms with E-state index in [0.717, 1.165) is 18.4 Å². The van der Waals surface area contributed by atoms with Gasteiger partial charge in [-0.25, -0.2) is 5.06 Å². The molecule has 8 atom stereocenters. The van der Waals surface area contributed by atoms with Crippen LogP contribution >= 0.6 is 11.3 Å². The minimum atomic E-state index is -0.668. The van der Waals surface area contributed by atoms with Gasteiger partial charge in [0, 0.05) is 17.3 Å². The smallest absolute Gasteiger partial charge is 0.287 e. The number of thiophene rings is 1. The van der Waals surface area contributed by atoms with Crippen LogP contribution in [0.4, 0.5) is 0 Å². The van der Waals surface area contributed by atoms with Gasteiger partial charge in [-0.3, -0.25) is 19.6 Å². The quantitative estimate of drug-likeness (QED) is 0.423. The highest BCUT2D eigenvalue weighted by atomic mass is 32.1. The first-order valence-corrected chi connectivity index (χ1v) is 13.3. The lowest BCUT2D eigenvalue weighted by molar-refractivity contribution is -0.144. The summed E-state index contributed by atoms with van der Waals surface area (Å²) in [5.41, 5.74) is 0.100. The van der Waals surface area contributed by atoms with Gasteiger partial charge in [0.1, 0.15) is 6.61 Å². The number of fused-ring (bicyclic) bond motifs is 5. The molecule has 0 bridgehead atoms. The minimum Gasteiger partial charge on any atom is -0.393 e. The fourth-order valence-corrected chi connectivity index (χ4v) is 8.92. The predicted molar refractivity (Wildman–Crippen MR) is 130 cm³/mol. The second-order valence-electron chi connectivity index (χ2n) is 11.3. The number of hydroxylamine groups is 2. The number of ketones is 2. The zero-order chi connectivity index (χ0) is 25.1. The molecule has 1 heterocycles. The molecule has 4 aliphatic carbocycles. The molecule has 188 valence electrons. The van der Waals surface area contributed by atoms with Gasteiger partial charge in [-0.1, -0.05) is 31.6 Å². The van der Waals surface area contributed by atoms with Crippen molar-refractivity contribution >= 4 is 28.8 Å². The molecule has 0 spiro atoms. The van der Waals surface area contributed by atoms with E-state index in [1.54, 1.807) is 29.7 Å². The van der Waals surface area contributed by atoms with Gasteiger partial charge in [0.2, 0.25) is 0 Å². The highest BCUT2D eigenvalue weighted by Gasteiger charge is 2.65. The molecule has 3 fully saturated rings. The van der Waals surface area contributed by atoms with Crippen molar-refractivity contribution in [2.45, 2.75) is 45.6 Å². The number of carbonyl (C=O) groups is 3. The summed E-state index contributed by atoms with van der Waals surface area (Å²) in [4.78, 5) is 38.3. The third-order valence-electron chi connectivity index (χ3n) is 9.55. The number of carbonyl (C=O) groups excluding carboxylic acids is 3. The molecule has 1 amide bonds. The van der Waals surface area contributed by atoms with E-state index in [-0.39, 0.29) is 41.8 Å². The van der Waals surface area contributed by atoms with Crippen molar-refractivity contribution in [3.05, 3.63) is 46.2 Å². The first kappa shape index (κ1) is 24.6. The van der Waals surface area contributed by atoms with Crippen LogP contribution in [0.25, 0.3) is 0 Å². The molecule has 1 aromatic rings. The van der Waals surface area contributed by atoms with Crippen molar-refractivity contribution in [2.24, 2.45) is 40.4 Å². The Kier molecular flexibility index (Phi) is 6.15. The lowest BCUT2D eigenvalue weighted by Gasteiger charge is -2.58. The van der Waals surface area contributed by atoms with Gasteiger partial charge in [0.05, 0.1) is 17.5 Å². The average Bonchev–Trinajstić information content (AvgIpc) is 3.44. The molecule has 3 saturated carbocycles. The molecule has 4 aliphatic rings. The van der Waals surface area contributed by atoms with E-state index in [9.17, 15) is 29.8 Å². The Hall–Kier alpha value is -2.13. The van der Waals surface area contributed by atoms with Gasteiger partial charge < -0.3 is 10.2 Å². The van der Waals surface area contributed by atoms with E-state index in [1.165, 1.54) is 11.3 Å². The summed E-state index contributed by atoms with van der Waals surface area (Å²) in [5.74, 6) is -1.55.